The molecule has 0 aromatic heterocycles. The number of aryl methyl sites for hydroxylation is 1. The van der Waals surface area contributed by atoms with Gasteiger partial charge in [0.15, 0.2) is 0 Å². The second kappa shape index (κ2) is 8.91. The normalized spacial score (nSPS) is 14.8. The van der Waals surface area contributed by atoms with Gasteiger partial charge in [0.25, 0.3) is 11.8 Å². The SMILES string of the molecule is Cc1ccccc1C(=O)NC1CCN(c2ccccc2C(=O)NC(C)C)CC1. The molecule has 0 spiro atoms. The van der Waals surface area contributed by atoms with E-state index in [2.05, 4.69) is 15.5 Å². The zero-order chi connectivity index (χ0) is 20.1. The molecule has 2 aromatic rings. The summed E-state index contributed by atoms with van der Waals surface area (Å²) in [4.78, 5) is 27.3. The molecule has 0 aliphatic carbocycles. The predicted molar refractivity (Wildman–Crippen MR) is 113 cm³/mol. The summed E-state index contributed by atoms with van der Waals surface area (Å²) in [6.07, 6.45) is 1.72. The molecule has 2 amide bonds. The lowest BCUT2D eigenvalue weighted by atomic mass is 10.0. The van der Waals surface area contributed by atoms with Crippen LogP contribution in [0.25, 0.3) is 0 Å². The molecule has 0 saturated carbocycles. The largest absolute Gasteiger partial charge is 0.371 e. The Bertz CT molecular complexity index is 839. The first kappa shape index (κ1) is 19.9. The Kier molecular flexibility index (Phi) is 6.34. The van der Waals surface area contributed by atoms with E-state index in [1.54, 1.807) is 0 Å². The van der Waals surface area contributed by atoms with Crippen LogP contribution in [0.2, 0.25) is 0 Å². The molecule has 0 radical (unpaired) electrons. The maximum absolute atomic E-state index is 12.6. The quantitative estimate of drug-likeness (QED) is 0.835. The Morgan fingerprint density at radius 3 is 2.18 bits per heavy atom. The summed E-state index contributed by atoms with van der Waals surface area (Å²) in [5.74, 6) is -0.0474. The van der Waals surface area contributed by atoms with Gasteiger partial charge in [-0.2, -0.15) is 0 Å². The van der Waals surface area contributed by atoms with Gasteiger partial charge in [-0.05, 0) is 57.4 Å². The fourth-order valence-corrected chi connectivity index (χ4v) is 3.64. The maximum atomic E-state index is 12.6. The Hall–Kier alpha value is -2.82. The van der Waals surface area contributed by atoms with Gasteiger partial charge in [-0.15, -0.1) is 0 Å². The minimum absolute atomic E-state index is 0.00624. The van der Waals surface area contributed by atoms with E-state index in [9.17, 15) is 9.59 Å². The van der Waals surface area contributed by atoms with E-state index in [0.29, 0.717) is 5.56 Å². The average Bonchev–Trinajstić information content (AvgIpc) is 2.68. The van der Waals surface area contributed by atoms with E-state index >= 15 is 0 Å². The minimum atomic E-state index is -0.0411. The zero-order valence-electron chi connectivity index (χ0n) is 16.9. The number of hydrogen-bond acceptors (Lipinski definition) is 3. The van der Waals surface area contributed by atoms with Gasteiger partial charge in [-0.3, -0.25) is 9.59 Å². The highest BCUT2D eigenvalue weighted by Gasteiger charge is 2.24. The highest BCUT2D eigenvalue weighted by Crippen LogP contribution is 2.24. The predicted octanol–water partition coefficient (Wildman–Crippen LogP) is 3.53. The highest BCUT2D eigenvalue weighted by molar-refractivity contribution is 6.00. The van der Waals surface area contributed by atoms with Crippen LogP contribution in [-0.2, 0) is 0 Å². The maximum Gasteiger partial charge on any atom is 0.253 e. The number of carbonyl (C=O) groups excluding carboxylic acids is 2. The van der Waals surface area contributed by atoms with Gasteiger partial charge >= 0.3 is 0 Å². The minimum Gasteiger partial charge on any atom is -0.371 e. The number of nitrogens with one attached hydrogen (secondary N) is 2. The fourth-order valence-electron chi connectivity index (χ4n) is 3.64. The van der Waals surface area contributed by atoms with Crippen molar-refractivity contribution in [3.63, 3.8) is 0 Å². The van der Waals surface area contributed by atoms with E-state index in [-0.39, 0.29) is 23.9 Å². The van der Waals surface area contributed by atoms with Crippen molar-refractivity contribution in [3.05, 3.63) is 65.2 Å². The number of piperidine rings is 1. The van der Waals surface area contributed by atoms with Gasteiger partial charge in [0, 0.05) is 36.4 Å². The van der Waals surface area contributed by atoms with Crippen LogP contribution in [0.1, 0.15) is 53.0 Å². The first-order chi connectivity index (χ1) is 13.5. The molecule has 0 unspecified atom stereocenters. The van der Waals surface area contributed by atoms with Crippen LogP contribution in [0.15, 0.2) is 48.5 Å². The Labute approximate surface area is 167 Å². The molecule has 2 aromatic carbocycles. The van der Waals surface area contributed by atoms with Crippen molar-refractivity contribution in [1.29, 1.82) is 0 Å². The lowest BCUT2D eigenvalue weighted by Crippen LogP contribution is -2.45. The smallest absolute Gasteiger partial charge is 0.253 e. The molecule has 1 fully saturated rings. The fraction of sp³-hybridized carbons (Fsp3) is 0.391. The Morgan fingerprint density at radius 2 is 1.54 bits per heavy atom. The van der Waals surface area contributed by atoms with Crippen molar-refractivity contribution in [3.8, 4) is 0 Å². The van der Waals surface area contributed by atoms with Crippen LogP contribution in [0.4, 0.5) is 5.69 Å². The van der Waals surface area contributed by atoms with Crippen molar-refractivity contribution < 1.29 is 9.59 Å². The lowest BCUT2D eigenvalue weighted by molar-refractivity contribution is 0.0928. The number of benzene rings is 2. The van der Waals surface area contributed by atoms with Gasteiger partial charge in [-0.1, -0.05) is 30.3 Å². The van der Waals surface area contributed by atoms with E-state index < -0.39 is 0 Å². The van der Waals surface area contributed by atoms with Crippen LogP contribution >= 0.6 is 0 Å². The van der Waals surface area contributed by atoms with E-state index in [4.69, 9.17) is 0 Å². The molecule has 0 atom stereocenters. The molecule has 1 saturated heterocycles. The van der Waals surface area contributed by atoms with Crippen molar-refractivity contribution >= 4 is 17.5 Å². The summed E-state index contributed by atoms with van der Waals surface area (Å²) < 4.78 is 0. The second-order valence-corrected chi connectivity index (χ2v) is 7.70. The topological polar surface area (TPSA) is 61.4 Å². The molecule has 1 aliphatic heterocycles. The van der Waals surface area contributed by atoms with Crippen LogP contribution in [-0.4, -0.2) is 37.0 Å². The molecule has 1 heterocycles. The van der Waals surface area contributed by atoms with Gasteiger partial charge in [0.05, 0.1) is 5.56 Å². The van der Waals surface area contributed by atoms with Gasteiger partial charge in [0.1, 0.15) is 0 Å². The lowest BCUT2D eigenvalue weighted by Gasteiger charge is -2.35. The standard InChI is InChI=1S/C23H29N3O2/c1-16(2)24-23(28)20-10-6-7-11-21(20)26-14-12-18(13-15-26)25-22(27)19-9-5-4-8-17(19)3/h4-11,16,18H,12-15H2,1-3H3,(H,24,28)(H,25,27). The van der Waals surface area contributed by atoms with Crippen molar-refractivity contribution in [2.75, 3.05) is 18.0 Å². The number of anilines is 1. The third-order valence-electron chi connectivity index (χ3n) is 5.13. The summed E-state index contributed by atoms with van der Waals surface area (Å²) in [6.45, 7) is 7.50. The molecule has 3 rings (SSSR count). The van der Waals surface area contributed by atoms with E-state index in [1.807, 2.05) is 69.3 Å². The zero-order valence-corrected chi connectivity index (χ0v) is 16.9. The molecule has 1 aliphatic rings. The number of nitrogens with zero attached hydrogens (tertiary/aromatic N) is 1. The molecule has 5 heteroatoms. The number of rotatable bonds is 5. The van der Waals surface area contributed by atoms with Gasteiger partial charge in [0.2, 0.25) is 0 Å². The number of para-hydroxylation sites is 1. The summed E-state index contributed by atoms with van der Waals surface area (Å²) in [5.41, 5.74) is 3.39. The molecule has 148 valence electrons. The Morgan fingerprint density at radius 1 is 0.929 bits per heavy atom. The van der Waals surface area contributed by atoms with Crippen molar-refractivity contribution in [1.82, 2.24) is 10.6 Å². The summed E-state index contributed by atoms with van der Waals surface area (Å²) >= 11 is 0. The van der Waals surface area contributed by atoms with Gasteiger partial charge < -0.3 is 15.5 Å². The average molecular weight is 380 g/mol. The van der Waals surface area contributed by atoms with E-state index in [1.165, 1.54) is 0 Å². The Balaban J connectivity index is 1.62. The molecule has 2 N–H and O–H groups in total. The van der Waals surface area contributed by atoms with Crippen LogP contribution in [0.3, 0.4) is 0 Å². The summed E-state index contributed by atoms with van der Waals surface area (Å²) in [5, 5.41) is 6.14. The third kappa shape index (κ3) is 4.71. The number of carbonyl (C=O) groups is 2. The number of amides is 2. The first-order valence-corrected chi connectivity index (χ1v) is 9.97. The molecular formula is C23H29N3O2. The van der Waals surface area contributed by atoms with Crippen LogP contribution in [0.5, 0.6) is 0 Å². The second-order valence-electron chi connectivity index (χ2n) is 7.70. The summed E-state index contributed by atoms with van der Waals surface area (Å²) in [6, 6.07) is 15.6. The molecule has 28 heavy (non-hydrogen) atoms. The highest BCUT2D eigenvalue weighted by atomic mass is 16.2. The van der Waals surface area contributed by atoms with Gasteiger partial charge in [-0.25, -0.2) is 0 Å². The monoisotopic (exact) mass is 379 g/mol. The van der Waals surface area contributed by atoms with Crippen LogP contribution < -0.4 is 15.5 Å². The molecule has 5 nitrogen and oxygen atoms in total. The molecule has 0 bridgehead atoms. The van der Waals surface area contributed by atoms with E-state index in [0.717, 1.165) is 42.7 Å². The van der Waals surface area contributed by atoms with Crippen LogP contribution in [0, 0.1) is 6.92 Å². The first-order valence-electron chi connectivity index (χ1n) is 9.97. The molecular weight excluding hydrogens is 350 g/mol. The third-order valence-corrected chi connectivity index (χ3v) is 5.13. The summed E-state index contributed by atoms with van der Waals surface area (Å²) in [7, 11) is 0. The van der Waals surface area contributed by atoms with Crippen molar-refractivity contribution in [2.45, 2.75) is 45.7 Å². The number of hydrogen-bond donors (Lipinski definition) is 2. The van der Waals surface area contributed by atoms with Crippen molar-refractivity contribution in [2.24, 2.45) is 0 Å².